The smallest absolute Gasteiger partial charge is 0.257 e. The number of rotatable bonds is 0. The number of halogens is 2. The third kappa shape index (κ3) is 2.10. The van der Waals surface area contributed by atoms with E-state index in [0.717, 1.165) is 0 Å². The fourth-order valence-electron chi connectivity index (χ4n) is 1.59. The Morgan fingerprint density at radius 1 is 1.35 bits per heavy atom. The molecule has 1 aromatic carbocycles. The van der Waals surface area contributed by atoms with Gasteiger partial charge in [0.1, 0.15) is 0 Å². The van der Waals surface area contributed by atoms with Gasteiger partial charge in [0.25, 0.3) is 5.91 Å². The lowest BCUT2D eigenvalue weighted by molar-refractivity contribution is 0.0812. The molecule has 0 saturated heterocycles. The van der Waals surface area contributed by atoms with Crippen LogP contribution in [-0.4, -0.2) is 37.4 Å². The molecule has 1 heterocycles. The third-order valence-corrected chi connectivity index (χ3v) is 3.10. The molecule has 17 heavy (non-hydrogen) atoms. The van der Waals surface area contributed by atoms with E-state index < -0.39 is 0 Å². The first-order valence-corrected chi connectivity index (χ1v) is 5.65. The maximum Gasteiger partial charge on any atom is 0.257 e. The summed E-state index contributed by atoms with van der Waals surface area (Å²) in [4.78, 5) is 17.8. The van der Waals surface area contributed by atoms with Crippen molar-refractivity contribution in [2.75, 3.05) is 20.7 Å². The second-order valence-corrected chi connectivity index (χ2v) is 4.44. The van der Waals surface area contributed by atoms with E-state index in [0.29, 0.717) is 27.2 Å². The normalized spacial score (nSPS) is 15.2. The van der Waals surface area contributed by atoms with Crippen molar-refractivity contribution in [1.82, 2.24) is 4.90 Å². The first-order valence-electron chi connectivity index (χ1n) is 4.89. The van der Waals surface area contributed by atoms with Crippen molar-refractivity contribution in [3.8, 4) is 0 Å². The van der Waals surface area contributed by atoms with Crippen molar-refractivity contribution >= 4 is 40.7 Å². The topological polar surface area (TPSA) is 41.9 Å². The number of methoxy groups -OCH3 is 1. The molecule has 0 N–H and O–H groups in total. The average Bonchev–Trinajstić information content (AvgIpc) is 2.43. The molecule has 0 unspecified atom stereocenters. The zero-order valence-corrected chi connectivity index (χ0v) is 10.8. The summed E-state index contributed by atoms with van der Waals surface area (Å²) in [5, 5.41) is 0.713. The van der Waals surface area contributed by atoms with E-state index in [2.05, 4.69) is 4.99 Å². The number of carbonyl (C=O) groups is 1. The Balaban J connectivity index is 2.70. The van der Waals surface area contributed by atoms with E-state index in [4.69, 9.17) is 27.9 Å². The maximum absolute atomic E-state index is 12.1. The van der Waals surface area contributed by atoms with E-state index in [-0.39, 0.29) is 12.5 Å². The van der Waals surface area contributed by atoms with Crippen molar-refractivity contribution in [3.05, 3.63) is 27.7 Å². The number of likely N-dealkylation sites (N-methyl/N-ethyl adjacent to an activating group) is 1. The van der Waals surface area contributed by atoms with Gasteiger partial charge in [0.2, 0.25) is 5.90 Å². The van der Waals surface area contributed by atoms with E-state index >= 15 is 0 Å². The van der Waals surface area contributed by atoms with Gasteiger partial charge in [-0.3, -0.25) is 4.79 Å². The summed E-state index contributed by atoms with van der Waals surface area (Å²) >= 11 is 12.1. The average molecular weight is 273 g/mol. The van der Waals surface area contributed by atoms with Gasteiger partial charge < -0.3 is 9.64 Å². The van der Waals surface area contributed by atoms with Crippen LogP contribution in [0.5, 0.6) is 0 Å². The number of carbonyl (C=O) groups excluding carboxylic acids is 1. The Morgan fingerprint density at radius 2 is 2.00 bits per heavy atom. The molecule has 0 fully saturated rings. The number of nitrogens with zero attached hydrogens (tertiary/aromatic N) is 2. The molecule has 0 radical (unpaired) electrons. The monoisotopic (exact) mass is 272 g/mol. The highest BCUT2D eigenvalue weighted by molar-refractivity contribution is 6.38. The lowest BCUT2D eigenvalue weighted by Crippen LogP contribution is -2.31. The van der Waals surface area contributed by atoms with E-state index in [9.17, 15) is 4.79 Å². The quantitative estimate of drug-likeness (QED) is 0.729. The van der Waals surface area contributed by atoms with Gasteiger partial charge in [-0.2, -0.15) is 0 Å². The fraction of sp³-hybridized carbons (Fsp3) is 0.273. The van der Waals surface area contributed by atoms with Gasteiger partial charge >= 0.3 is 0 Å². The van der Waals surface area contributed by atoms with E-state index in [1.165, 1.54) is 12.0 Å². The number of benzene rings is 1. The van der Waals surface area contributed by atoms with Gasteiger partial charge in [-0.25, -0.2) is 4.99 Å². The molecule has 1 amide bonds. The molecule has 0 aromatic heterocycles. The van der Waals surface area contributed by atoms with Crippen LogP contribution in [0, 0.1) is 0 Å². The second-order valence-electron chi connectivity index (χ2n) is 3.62. The number of ether oxygens (including phenoxy) is 1. The van der Waals surface area contributed by atoms with Gasteiger partial charge in [-0.1, -0.05) is 23.2 Å². The van der Waals surface area contributed by atoms with Crippen molar-refractivity contribution in [3.63, 3.8) is 0 Å². The van der Waals surface area contributed by atoms with Crippen molar-refractivity contribution in [2.45, 2.75) is 0 Å². The standard InChI is InChI=1S/C11H10Cl2N2O2/c1-15-5-8(17-2)14-10-7(13)4-3-6(12)9(10)11(15)16/h3-4H,5H2,1-2H3. The molecule has 6 heteroatoms. The molecule has 0 spiro atoms. The fourth-order valence-corrected chi connectivity index (χ4v) is 2.02. The Labute approximate surface area is 109 Å². The highest BCUT2D eigenvalue weighted by Crippen LogP contribution is 2.36. The number of hydrogen-bond donors (Lipinski definition) is 0. The molecule has 0 saturated carbocycles. The van der Waals surface area contributed by atoms with E-state index in [1.54, 1.807) is 19.2 Å². The van der Waals surface area contributed by atoms with Crippen LogP contribution in [0.15, 0.2) is 17.1 Å². The summed E-state index contributed by atoms with van der Waals surface area (Å²) < 4.78 is 5.10. The zero-order chi connectivity index (χ0) is 12.6. The molecule has 2 rings (SSSR count). The van der Waals surface area contributed by atoms with Gasteiger partial charge in [-0.15, -0.1) is 0 Å². The van der Waals surface area contributed by atoms with Crippen LogP contribution in [0.3, 0.4) is 0 Å². The van der Waals surface area contributed by atoms with Crippen LogP contribution >= 0.6 is 23.2 Å². The molecule has 1 aliphatic rings. The van der Waals surface area contributed by atoms with Crippen LogP contribution in [0.2, 0.25) is 10.0 Å². The molecule has 0 atom stereocenters. The van der Waals surface area contributed by atoms with Crippen LogP contribution in [0.4, 0.5) is 5.69 Å². The van der Waals surface area contributed by atoms with Gasteiger partial charge in [0, 0.05) is 7.05 Å². The summed E-state index contributed by atoms with van der Waals surface area (Å²) in [6.45, 7) is 0.288. The Morgan fingerprint density at radius 3 is 2.65 bits per heavy atom. The van der Waals surface area contributed by atoms with E-state index in [1.807, 2.05) is 0 Å². The van der Waals surface area contributed by atoms with Crippen LogP contribution in [0.25, 0.3) is 0 Å². The van der Waals surface area contributed by atoms with Crippen LogP contribution in [0.1, 0.15) is 10.4 Å². The minimum absolute atomic E-state index is 0.219. The zero-order valence-electron chi connectivity index (χ0n) is 9.33. The lowest BCUT2D eigenvalue weighted by Gasteiger charge is -2.15. The number of fused-ring (bicyclic) bond motifs is 1. The molecule has 0 bridgehead atoms. The summed E-state index contributed by atoms with van der Waals surface area (Å²) in [6, 6.07) is 3.19. The molecular formula is C11H10Cl2N2O2. The molecule has 4 nitrogen and oxygen atoms in total. The van der Waals surface area contributed by atoms with Crippen molar-refractivity contribution in [2.24, 2.45) is 4.99 Å². The molecule has 90 valence electrons. The van der Waals surface area contributed by atoms with Crippen molar-refractivity contribution < 1.29 is 9.53 Å². The largest absolute Gasteiger partial charge is 0.483 e. The van der Waals surface area contributed by atoms with Crippen LogP contribution < -0.4 is 0 Å². The lowest BCUT2D eigenvalue weighted by atomic mass is 10.1. The highest BCUT2D eigenvalue weighted by atomic mass is 35.5. The second kappa shape index (κ2) is 4.55. The molecule has 1 aromatic rings. The Kier molecular flexibility index (Phi) is 3.26. The van der Waals surface area contributed by atoms with Gasteiger partial charge in [0.05, 0.1) is 35.0 Å². The number of aliphatic imine (C=N–C) groups is 1. The summed E-state index contributed by atoms with van der Waals surface area (Å²) in [5.41, 5.74) is 0.680. The van der Waals surface area contributed by atoms with Gasteiger partial charge in [0.15, 0.2) is 0 Å². The number of amides is 1. The predicted molar refractivity (Wildman–Crippen MR) is 67.5 cm³/mol. The Bertz CT molecular complexity index is 514. The number of hydrogen-bond acceptors (Lipinski definition) is 3. The molecular weight excluding hydrogens is 263 g/mol. The van der Waals surface area contributed by atoms with Crippen LogP contribution in [-0.2, 0) is 4.74 Å². The highest BCUT2D eigenvalue weighted by Gasteiger charge is 2.26. The summed E-state index contributed by atoms with van der Waals surface area (Å²) in [5.74, 6) is 0.201. The SMILES string of the molecule is COC1=Nc2c(Cl)ccc(Cl)c2C(=O)N(C)C1. The minimum atomic E-state index is -0.219. The maximum atomic E-state index is 12.1. The first-order chi connectivity index (χ1) is 8.04. The molecule has 1 aliphatic heterocycles. The van der Waals surface area contributed by atoms with Crippen molar-refractivity contribution in [1.29, 1.82) is 0 Å². The first kappa shape index (κ1) is 12.2. The summed E-state index contributed by atoms with van der Waals surface area (Å²) in [7, 11) is 3.16. The summed E-state index contributed by atoms with van der Waals surface area (Å²) in [6.07, 6.45) is 0. The Hall–Kier alpha value is -1.26. The third-order valence-electron chi connectivity index (χ3n) is 2.48. The minimum Gasteiger partial charge on any atom is -0.483 e. The van der Waals surface area contributed by atoms with Gasteiger partial charge in [-0.05, 0) is 12.1 Å². The molecule has 0 aliphatic carbocycles. The predicted octanol–water partition coefficient (Wildman–Crippen LogP) is 2.76.